The van der Waals surface area contributed by atoms with Gasteiger partial charge in [0.25, 0.3) is 5.91 Å². The van der Waals surface area contributed by atoms with Crippen LogP contribution in [0.1, 0.15) is 42.5 Å². The molecule has 2 heterocycles. The molecule has 6 heteroatoms. The molecule has 1 aliphatic carbocycles. The predicted molar refractivity (Wildman–Crippen MR) is 86.5 cm³/mol. The van der Waals surface area contributed by atoms with Crippen LogP contribution >= 0.6 is 0 Å². The van der Waals surface area contributed by atoms with Crippen molar-refractivity contribution in [3.05, 3.63) is 34.3 Å². The van der Waals surface area contributed by atoms with Crippen LogP contribution in [0.3, 0.4) is 0 Å². The summed E-state index contributed by atoms with van der Waals surface area (Å²) in [6.45, 7) is 2.15. The number of benzene rings is 1. The van der Waals surface area contributed by atoms with Crippen molar-refractivity contribution in [2.75, 3.05) is 13.1 Å². The van der Waals surface area contributed by atoms with Crippen molar-refractivity contribution in [3.8, 4) is 0 Å². The molecule has 2 aliphatic rings. The summed E-state index contributed by atoms with van der Waals surface area (Å²) in [5.74, 6) is -0.586. The van der Waals surface area contributed by atoms with Crippen molar-refractivity contribution < 1.29 is 9.21 Å². The number of nitrogens with zero attached hydrogens (tertiary/aromatic N) is 1. The number of H-pyrrole nitrogens is 1. The Morgan fingerprint density at radius 3 is 2.70 bits per heavy atom. The van der Waals surface area contributed by atoms with Crippen molar-refractivity contribution in [2.24, 2.45) is 0 Å². The van der Waals surface area contributed by atoms with E-state index in [1.165, 1.54) is 19.3 Å². The zero-order valence-corrected chi connectivity index (χ0v) is 13.0. The maximum absolute atomic E-state index is 12.4. The number of aromatic amines is 1. The molecule has 1 saturated heterocycles. The first-order valence-electron chi connectivity index (χ1n) is 8.37. The molecule has 1 aromatic heterocycles. The maximum Gasteiger partial charge on any atom is 0.417 e. The zero-order chi connectivity index (χ0) is 15.8. The standard InChI is InChI=1S/C17H21N3O3/c21-16(11-4-5-15-14(10-11)19-17(22)23-15)18-12-6-8-20(9-7-12)13-2-1-3-13/h4-5,10,12-13H,1-3,6-9H2,(H,18,21)(H,19,22). The van der Waals surface area contributed by atoms with Crippen LogP contribution in [-0.4, -0.2) is 41.0 Å². The van der Waals surface area contributed by atoms with E-state index in [2.05, 4.69) is 15.2 Å². The third-order valence-electron chi connectivity index (χ3n) is 5.14. The Balaban J connectivity index is 1.38. The highest BCUT2D eigenvalue weighted by atomic mass is 16.4. The van der Waals surface area contributed by atoms with Crippen molar-refractivity contribution in [1.82, 2.24) is 15.2 Å². The second kappa shape index (κ2) is 5.85. The first-order chi connectivity index (χ1) is 11.2. The van der Waals surface area contributed by atoms with E-state index in [1.54, 1.807) is 18.2 Å². The van der Waals surface area contributed by atoms with E-state index < -0.39 is 5.76 Å². The van der Waals surface area contributed by atoms with Crippen molar-refractivity contribution in [1.29, 1.82) is 0 Å². The van der Waals surface area contributed by atoms with E-state index in [-0.39, 0.29) is 11.9 Å². The average molecular weight is 315 g/mol. The third-order valence-corrected chi connectivity index (χ3v) is 5.14. The number of amides is 1. The molecule has 1 aromatic carbocycles. The largest absolute Gasteiger partial charge is 0.417 e. The number of likely N-dealkylation sites (tertiary alicyclic amines) is 1. The highest BCUT2D eigenvalue weighted by molar-refractivity contribution is 5.97. The predicted octanol–water partition coefficient (Wildman–Crippen LogP) is 1.87. The molecule has 0 radical (unpaired) electrons. The Kier molecular flexibility index (Phi) is 3.69. The summed E-state index contributed by atoms with van der Waals surface area (Å²) in [4.78, 5) is 28.7. The minimum atomic E-state index is -0.499. The fourth-order valence-corrected chi connectivity index (χ4v) is 3.52. The summed E-state index contributed by atoms with van der Waals surface area (Å²) in [6.07, 6.45) is 6.04. The number of fused-ring (bicyclic) bond motifs is 1. The van der Waals surface area contributed by atoms with Gasteiger partial charge in [-0.1, -0.05) is 6.42 Å². The molecule has 2 aromatic rings. The molecular weight excluding hydrogens is 294 g/mol. The second-order valence-corrected chi connectivity index (χ2v) is 6.59. The van der Waals surface area contributed by atoms with E-state index in [4.69, 9.17) is 4.42 Å². The summed E-state index contributed by atoms with van der Waals surface area (Å²) in [5.41, 5.74) is 1.58. The van der Waals surface area contributed by atoms with E-state index in [0.29, 0.717) is 16.7 Å². The van der Waals surface area contributed by atoms with Crippen LogP contribution in [0.5, 0.6) is 0 Å². The van der Waals surface area contributed by atoms with Gasteiger partial charge in [0.2, 0.25) is 0 Å². The second-order valence-electron chi connectivity index (χ2n) is 6.59. The number of nitrogens with one attached hydrogen (secondary N) is 2. The van der Waals surface area contributed by atoms with Crippen LogP contribution in [0.25, 0.3) is 11.1 Å². The van der Waals surface area contributed by atoms with Gasteiger partial charge in [0.1, 0.15) is 0 Å². The lowest BCUT2D eigenvalue weighted by molar-refractivity contribution is 0.0800. The fraction of sp³-hybridized carbons (Fsp3) is 0.529. The van der Waals surface area contributed by atoms with Gasteiger partial charge >= 0.3 is 5.76 Å². The number of carbonyl (C=O) groups excluding carboxylic acids is 1. The van der Waals surface area contributed by atoms with Crippen LogP contribution in [0.2, 0.25) is 0 Å². The van der Waals surface area contributed by atoms with Crippen molar-refractivity contribution >= 4 is 17.0 Å². The van der Waals surface area contributed by atoms with Crippen molar-refractivity contribution in [2.45, 2.75) is 44.2 Å². The molecule has 2 N–H and O–H groups in total. The summed E-state index contributed by atoms with van der Waals surface area (Å²) < 4.78 is 4.95. The van der Waals surface area contributed by atoms with Gasteiger partial charge in [0.05, 0.1) is 5.52 Å². The van der Waals surface area contributed by atoms with E-state index in [1.807, 2.05) is 0 Å². The summed E-state index contributed by atoms with van der Waals surface area (Å²) in [7, 11) is 0. The normalized spacial score (nSPS) is 20.5. The smallest absolute Gasteiger partial charge is 0.408 e. The molecule has 2 fully saturated rings. The number of piperidine rings is 1. The number of aromatic nitrogens is 1. The Hall–Kier alpha value is -2.08. The van der Waals surface area contributed by atoms with E-state index in [9.17, 15) is 9.59 Å². The van der Waals surface area contributed by atoms with E-state index in [0.717, 1.165) is 32.0 Å². The highest BCUT2D eigenvalue weighted by Crippen LogP contribution is 2.27. The van der Waals surface area contributed by atoms with E-state index >= 15 is 0 Å². The monoisotopic (exact) mass is 315 g/mol. The topological polar surface area (TPSA) is 78.3 Å². The minimum Gasteiger partial charge on any atom is -0.408 e. The number of hydrogen-bond donors (Lipinski definition) is 2. The van der Waals surface area contributed by atoms with Gasteiger partial charge in [0.15, 0.2) is 5.58 Å². The van der Waals surface area contributed by atoms with Crippen LogP contribution in [0, 0.1) is 0 Å². The first kappa shape index (κ1) is 14.5. The van der Waals surface area contributed by atoms with Crippen LogP contribution < -0.4 is 11.1 Å². The highest BCUT2D eigenvalue weighted by Gasteiger charge is 2.29. The third kappa shape index (κ3) is 2.91. The van der Waals surface area contributed by atoms with Crippen LogP contribution in [0.15, 0.2) is 27.4 Å². The van der Waals surface area contributed by atoms with Crippen molar-refractivity contribution in [3.63, 3.8) is 0 Å². The summed E-state index contributed by atoms with van der Waals surface area (Å²) in [6, 6.07) is 6.03. The number of rotatable bonds is 3. The minimum absolute atomic E-state index is 0.0870. The Bertz CT molecular complexity index is 767. The molecule has 4 rings (SSSR count). The molecule has 0 bridgehead atoms. The molecule has 122 valence electrons. The van der Waals surface area contributed by atoms with Gasteiger partial charge in [-0.3, -0.25) is 9.78 Å². The molecule has 6 nitrogen and oxygen atoms in total. The van der Waals surface area contributed by atoms with Gasteiger partial charge < -0.3 is 14.6 Å². The Labute approximate surface area is 133 Å². The number of oxazole rings is 1. The Morgan fingerprint density at radius 2 is 2.00 bits per heavy atom. The molecule has 23 heavy (non-hydrogen) atoms. The molecule has 0 atom stereocenters. The maximum atomic E-state index is 12.4. The molecular formula is C17H21N3O3. The quantitative estimate of drug-likeness (QED) is 0.906. The lowest BCUT2D eigenvalue weighted by atomic mass is 9.89. The Morgan fingerprint density at radius 1 is 1.22 bits per heavy atom. The van der Waals surface area contributed by atoms with Gasteiger partial charge in [-0.25, -0.2) is 4.79 Å². The first-order valence-corrected chi connectivity index (χ1v) is 8.37. The lowest BCUT2D eigenvalue weighted by Crippen LogP contribution is -2.49. The fourth-order valence-electron chi connectivity index (χ4n) is 3.52. The number of hydrogen-bond acceptors (Lipinski definition) is 4. The lowest BCUT2D eigenvalue weighted by Gasteiger charge is -2.41. The SMILES string of the molecule is O=C(NC1CCN(C2CCC2)CC1)c1ccc2oc(=O)[nH]c2c1. The number of carbonyl (C=O) groups is 1. The summed E-state index contributed by atoms with van der Waals surface area (Å²) in [5, 5.41) is 3.11. The van der Waals surface area contributed by atoms with Gasteiger partial charge in [0, 0.05) is 30.7 Å². The molecule has 0 spiro atoms. The van der Waals surface area contributed by atoms with Gasteiger partial charge in [-0.05, 0) is 43.9 Å². The van der Waals surface area contributed by atoms with Crippen LogP contribution in [0.4, 0.5) is 0 Å². The molecule has 0 unspecified atom stereocenters. The molecule has 1 aliphatic heterocycles. The summed E-state index contributed by atoms with van der Waals surface area (Å²) >= 11 is 0. The van der Waals surface area contributed by atoms with Gasteiger partial charge in [-0.2, -0.15) is 0 Å². The molecule has 1 amide bonds. The zero-order valence-electron chi connectivity index (χ0n) is 13.0. The molecule has 1 saturated carbocycles. The average Bonchev–Trinajstić information content (AvgIpc) is 2.86. The van der Waals surface area contributed by atoms with Crippen LogP contribution in [-0.2, 0) is 0 Å². The van der Waals surface area contributed by atoms with Gasteiger partial charge in [-0.15, -0.1) is 0 Å².